The molecule has 16 heavy (non-hydrogen) atoms. The number of benzene rings is 1. The second kappa shape index (κ2) is 9.14. The first-order chi connectivity index (χ1) is 7.74. The summed E-state index contributed by atoms with van der Waals surface area (Å²) in [5.74, 6) is 0.568. The number of aryl methyl sites for hydroxylation is 1. The molecule has 0 spiro atoms. The van der Waals surface area contributed by atoms with Gasteiger partial charge in [0, 0.05) is 7.34 Å². The first kappa shape index (κ1) is 14.9. The Morgan fingerprint density at radius 1 is 1.25 bits per heavy atom. The van der Waals surface area contributed by atoms with Gasteiger partial charge in [-0.15, -0.1) is 0 Å². The molecule has 0 aliphatic heterocycles. The topological polar surface area (TPSA) is 17.1 Å². The molecule has 0 aliphatic carbocycles. The predicted molar refractivity (Wildman–Crippen MR) is 72.7 cm³/mol. The molecule has 0 heterocycles. The number of carbonyl (C=O) groups is 1. The highest BCUT2D eigenvalue weighted by Gasteiger charge is 2.10. The molecule has 0 fully saturated rings. The Hall–Kier alpha value is -1.11. The van der Waals surface area contributed by atoms with E-state index in [1.54, 1.807) is 6.92 Å². The molecule has 1 unspecified atom stereocenters. The Balaban J connectivity index is 0. The van der Waals surface area contributed by atoms with Gasteiger partial charge in [0.25, 0.3) is 0 Å². The van der Waals surface area contributed by atoms with Crippen molar-refractivity contribution < 1.29 is 6.22 Å². The van der Waals surface area contributed by atoms with E-state index >= 15 is 0 Å². The number of Topliss-reactive ketones (excluding diaryl/α,β-unsaturated/α-hetero) is 1. The lowest BCUT2D eigenvalue weighted by atomic mass is 9.94. The average molecular weight is 222 g/mol. The van der Waals surface area contributed by atoms with Crippen molar-refractivity contribution in [1.29, 1.82) is 0 Å². The SMILES string of the molecule is CC.CCC(CCc1ccccc1)C(C)=O.[HH]. The molecule has 1 nitrogen and oxygen atoms in total. The fourth-order valence-electron chi connectivity index (χ4n) is 1.68. The number of carbonyl (C=O) groups excluding carboxylic acids is 1. The van der Waals surface area contributed by atoms with E-state index in [0.717, 1.165) is 19.3 Å². The summed E-state index contributed by atoms with van der Waals surface area (Å²) < 4.78 is 0. The molecule has 0 radical (unpaired) electrons. The fourth-order valence-corrected chi connectivity index (χ4v) is 1.68. The van der Waals surface area contributed by atoms with Gasteiger partial charge in [0.15, 0.2) is 0 Å². The standard InChI is InChI=1S/C13H18O.C2H6.H2/c1-3-13(11(2)14)10-9-12-7-5-4-6-8-12;1-2;/h4-8,13H,3,9-10H2,1-2H3;1-2H3;1H. The summed E-state index contributed by atoms with van der Waals surface area (Å²) in [6, 6.07) is 10.3. The molecule has 1 aromatic carbocycles. The van der Waals surface area contributed by atoms with Crippen LogP contribution in [0.4, 0.5) is 0 Å². The van der Waals surface area contributed by atoms with E-state index in [0.29, 0.717) is 5.78 Å². The van der Waals surface area contributed by atoms with Gasteiger partial charge in [0.2, 0.25) is 0 Å². The summed E-state index contributed by atoms with van der Waals surface area (Å²) in [6.07, 6.45) is 2.96. The zero-order valence-corrected chi connectivity index (χ0v) is 11.0. The van der Waals surface area contributed by atoms with Crippen LogP contribution in [0.15, 0.2) is 30.3 Å². The third-order valence-corrected chi connectivity index (χ3v) is 2.69. The van der Waals surface area contributed by atoms with Crippen LogP contribution in [0.3, 0.4) is 0 Å². The van der Waals surface area contributed by atoms with E-state index in [2.05, 4.69) is 19.1 Å². The summed E-state index contributed by atoms with van der Waals surface area (Å²) in [5, 5.41) is 0. The number of hydrogen-bond donors (Lipinski definition) is 0. The molecule has 0 bridgehead atoms. The molecule has 1 aromatic rings. The highest BCUT2D eigenvalue weighted by atomic mass is 16.1. The minimum Gasteiger partial charge on any atom is -0.300 e. The van der Waals surface area contributed by atoms with Gasteiger partial charge in [-0.05, 0) is 31.7 Å². The van der Waals surface area contributed by atoms with Crippen LogP contribution in [0, 0.1) is 5.92 Å². The van der Waals surface area contributed by atoms with Crippen molar-refractivity contribution in [3.05, 3.63) is 35.9 Å². The molecule has 0 saturated heterocycles. The van der Waals surface area contributed by atoms with Crippen LogP contribution >= 0.6 is 0 Å². The zero-order chi connectivity index (χ0) is 12.4. The molecule has 92 valence electrons. The molecule has 0 amide bonds. The molecule has 0 aromatic heterocycles. The normalized spacial score (nSPS) is 11.2. The third-order valence-electron chi connectivity index (χ3n) is 2.69. The quantitative estimate of drug-likeness (QED) is 0.716. The van der Waals surface area contributed by atoms with Crippen molar-refractivity contribution in [2.75, 3.05) is 0 Å². The van der Waals surface area contributed by atoms with Gasteiger partial charge in [0.1, 0.15) is 5.78 Å². The molecule has 0 N–H and O–H groups in total. The molecular weight excluding hydrogens is 196 g/mol. The Morgan fingerprint density at radius 2 is 1.81 bits per heavy atom. The second-order valence-corrected chi connectivity index (χ2v) is 3.74. The first-order valence-electron chi connectivity index (χ1n) is 6.28. The van der Waals surface area contributed by atoms with E-state index in [1.165, 1.54) is 5.56 Å². The monoisotopic (exact) mass is 222 g/mol. The van der Waals surface area contributed by atoms with Crippen molar-refractivity contribution in [2.24, 2.45) is 5.92 Å². The van der Waals surface area contributed by atoms with E-state index in [1.807, 2.05) is 32.0 Å². The highest BCUT2D eigenvalue weighted by molar-refractivity contribution is 5.78. The molecule has 0 saturated carbocycles. The van der Waals surface area contributed by atoms with Crippen LogP contribution in [0.5, 0.6) is 0 Å². The maximum absolute atomic E-state index is 11.2. The predicted octanol–water partition coefficient (Wildman–Crippen LogP) is 4.51. The maximum Gasteiger partial charge on any atom is 0.132 e. The van der Waals surface area contributed by atoms with Gasteiger partial charge >= 0.3 is 0 Å². The van der Waals surface area contributed by atoms with E-state index in [9.17, 15) is 4.79 Å². The second-order valence-electron chi connectivity index (χ2n) is 3.74. The first-order valence-corrected chi connectivity index (χ1v) is 6.28. The van der Waals surface area contributed by atoms with Crippen molar-refractivity contribution >= 4 is 5.78 Å². The molecule has 1 heteroatoms. The third kappa shape index (κ3) is 5.69. The molecule has 1 rings (SSSR count). The summed E-state index contributed by atoms with van der Waals surface area (Å²) in [4.78, 5) is 11.2. The zero-order valence-electron chi connectivity index (χ0n) is 11.0. The summed E-state index contributed by atoms with van der Waals surface area (Å²) in [6.45, 7) is 7.77. The molecular formula is C15H26O. The van der Waals surface area contributed by atoms with Crippen molar-refractivity contribution in [3.63, 3.8) is 0 Å². The van der Waals surface area contributed by atoms with Gasteiger partial charge in [0.05, 0.1) is 0 Å². The van der Waals surface area contributed by atoms with E-state index in [4.69, 9.17) is 0 Å². The van der Waals surface area contributed by atoms with Crippen molar-refractivity contribution in [1.82, 2.24) is 0 Å². The van der Waals surface area contributed by atoms with Gasteiger partial charge < -0.3 is 0 Å². The van der Waals surface area contributed by atoms with Gasteiger partial charge in [-0.25, -0.2) is 0 Å². The van der Waals surface area contributed by atoms with Crippen molar-refractivity contribution in [2.45, 2.75) is 47.0 Å². The number of rotatable bonds is 5. The average Bonchev–Trinajstić information content (AvgIpc) is 2.33. The Kier molecular flexibility index (Phi) is 8.51. The van der Waals surface area contributed by atoms with Crippen LogP contribution in [0.25, 0.3) is 0 Å². The number of ketones is 1. The lowest BCUT2D eigenvalue weighted by molar-refractivity contribution is -0.121. The minimum atomic E-state index is 0. The Labute approximate surface area is 101 Å². The van der Waals surface area contributed by atoms with Crippen LogP contribution < -0.4 is 0 Å². The van der Waals surface area contributed by atoms with Crippen molar-refractivity contribution in [3.8, 4) is 0 Å². The van der Waals surface area contributed by atoms with Crippen LogP contribution in [-0.4, -0.2) is 5.78 Å². The smallest absolute Gasteiger partial charge is 0.132 e. The Bertz CT molecular complexity index is 282. The lowest BCUT2D eigenvalue weighted by Gasteiger charge is -2.10. The van der Waals surface area contributed by atoms with E-state index < -0.39 is 0 Å². The Morgan fingerprint density at radius 3 is 2.25 bits per heavy atom. The minimum absolute atomic E-state index is 0. The molecule has 1 atom stereocenters. The van der Waals surface area contributed by atoms with Gasteiger partial charge in [-0.1, -0.05) is 51.1 Å². The summed E-state index contributed by atoms with van der Waals surface area (Å²) in [5.41, 5.74) is 1.33. The van der Waals surface area contributed by atoms with Gasteiger partial charge in [-0.2, -0.15) is 0 Å². The van der Waals surface area contributed by atoms with Crippen LogP contribution in [-0.2, 0) is 11.2 Å². The van der Waals surface area contributed by atoms with Crippen LogP contribution in [0.1, 0.15) is 47.5 Å². The van der Waals surface area contributed by atoms with E-state index in [-0.39, 0.29) is 7.34 Å². The fraction of sp³-hybridized carbons (Fsp3) is 0.533. The summed E-state index contributed by atoms with van der Waals surface area (Å²) >= 11 is 0. The lowest BCUT2D eigenvalue weighted by Crippen LogP contribution is -2.10. The maximum atomic E-state index is 11.2. The molecule has 0 aliphatic rings. The van der Waals surface area contributed by atoms with Gasteiger partial charge in [-0.3, -0.25) is 4.79 Å². The van der Waals surface area contributed by atoms with Crippen LogP contribution in [0.2, 0.25) is 0 Å². The number of hydrogen-bond acceptors (Lipinski definition) is 1. The largest absolute Gasteiger partial charge is 0.300 e. The summed E-state index contributed by atoms with van der Waals surface area (Å²) in [7, 11) is 0. The highest BCUT2D eigenvalue weighted by Crippen LogP contribution is 2.13.